The van der Waals surface area contributed by atoms with Crippen molar-refractivity contribution in [1.29, 1.82) is 0 Å². The fourth-order valence-electron chi connectivity index (χ4n) is 2.81. The normalized spacial score (nSPS) is 10.6. The Morgan fingerprint density at radius 1 is 0.720 bits per heavy atom. The van der Waals surface area contributed by atoms with Crippen molar-refractivity contribution in [2.45, 2.75) is 0 Å². The van der Waals surface area contributed by atoms with Gasteiger partial charge in [-0.25, -0.2) is 4.68 Å². The summed E-state index contributed by atoms with van der Waals surface area (Å²) in [6.45, 7) is 0. The maximum Gasteiger partial charge on any atom is 0.213 e. The molecule has 0 aliphatic heterocycles. The number of ketones is 1. The van der Waals surface area contributed by atoms with Crippen LogP contribution in [-0.4, -0.2) is 15.6 Å². The van der Waals surface area contributed by atoms with Crippen molar-refractivity contribution in [1.82, 2.24) is 9.78 Å². The summed E-state index contributed by atoms with van der Waals surface area (Å²) in [5.41, 5.74) is 3.83. The second-order valence-corrected chi connectivity index (χ2v) is 5.73. The number of nitrogens with zero attached hydrogens (tertiary/aromatic N) is 2. The van der Waals surface area contributed by atoms with Crippen LogP contribution in [0.3, 0.4) is 0 Å². The van der Waals surface area contributed by atoms with Crippen molar-refractivity contribution in [2.24, 2.45) is 0 Å². The van der Waals surface area contributed by atoms with Crippen molar-refractivity contribution in [3.8, 4) is 16.8 Å². The third kappa shape index (κ3) is 3.00. The highest BCUT2D eigenvalue weighted by atomic mass is 16.1. The standard InChI is InChI=1S/C22H16N2O/c25-22(18-12-6-2-7-13-18)21-20(17-10-4-1-5-11-17)16-24(23-21)19-14-8-3-9-15-19/h1-16H. The third-order valence-corrected chi connectivity index (χ3v) is 4.07. The zero-order valence-electron chi connectivity index (χ0n) is 13.5. The van der Waals surface area contributed by atoms with Crippen LogP contribution >= 0.6 is 0 Å². The molecular weight excluding hydrogens is 308 g/mol. The van der Waals surface area contributed by atoms with Crippen LogP contribution in [-0.2, 0) is 0 Å². The summed E-state index contributed by atoms with van der Waals surface area (Å²) >= 11 is 0. The second kappa shape index (κ2) is 6.57. The lowest BCUT2D eigenvalue weighted by molar-refractivity contribution is 0.103. The first-order valence-electron chi connectivity index (χ1n) is 8.13. The van der Waals surface area contributed by atoms with Gasteiger partial charge in [-0.1, -0.05) is 78.9 Å². The summed E-state index contributed by atoms with van der Waals surface area (Å²) in [5, 5.41) is 4.60. The van der Waals surface area contributed by atoms with Gasteiger partial charge in [0.2, 0.25) is 5.78 Å². The van der Waals surface area contributed by atoms with Gasteiger partial charge in [0.05, 0.1) is 5.69 Å². The number of rotatable bonds is 4. The van der Waals surface area contributed by atoms with Crippen molar-refractivity contribution in [3.63, 3.8) is 0 Å². The molecule has 0 fully saturated rings. The zero-order valence-corrected chi connectivity index (χ0v) is 13.5. The number of para-hydroxylation sites is 1. The molecule has 120 valence electrons. The van der Waals surface area contributed by atoms with Crippen molar-refractivity contribution < 1.29 is 4.79 Å². The summed E-state index contributed by atoms with van der Waals surface area (Å²) in [4.78, 5) is 13.0. The van der Waals surface area contributed by atoms with E-state index >= 15 is 0 Å². The number of aromatic nitrogens is 2. The first kappa shape index (κ1) is 15.1. The van der Waals surface area contributed by atoms with Crippen LogP contribution in [0.1, 0.15) is 16.1 Å². The van der Waals surface area contributed by atoms with Crippen LogP contribution < -0.4 is 0 Å². The van der Waals surface area contributed by atoms with E-state index < -0.39 is 0 Å². The van der Waals surface area contributed by atoms with Crippen LogP contribution in [0.4, 0.5) is 0 Å². The Hall–Kier alpha value is -3.46. The molecule has 0 bridgehead atoms. The molecule has 4 aromatic rings. The quantitative estimate of drug-likeness (QED) is 0.507. The first-order valence-corrected chi connectivity index (χ1v) is 8.13. The van der Waals surface area contributed by atoms with E-state index in [9.17, 15) is 4.79 Å². The predicted molar refractivity (Wildman–Crippen MR) is 98.9 cm³/mol. The van der Waals surface area contributed by atoms with Crippen LogP contribution in [0.2, 0.25) is 0 Å². The summed E-state index contributed by atoms with van der Waals surface area (Å²) in [5.74, 6) is -0.0749. The molecule has 0 saturated heterocycles. The average Bonchev–Trinajstić information content (AvgIpc) is 3.15. The lowest BCUT2D eigenvalue weighted by Gasteiger charge is -2.02. The van der Waals surface area contributed by atoms with Crippen molar-refractivity contribution in [2.75, 3.05) is 0 Å². The van der Waals surface area contributed by atoms with Crippen molar-refractivity contribution in [3.05, 3.63) is 108 Å². The van der Waals surface area contributed by atoms with Gasteiger partial charge in [-0.3, -0.25) is 4.79 Å². The van der Waals surface area contributed by atoms with Gasteiger partial charge < -0.3 is 0 Å². The topological polar surface area (TPSA) is 34.9 Å². The number of carbonyl (C=O) groups excluding carboxylic acids is 1. The number of carbonyl (C=O) groups is 1. The minimum Gasteiger partial charge on any atom is -0.287 e. The largest absolute Gasteiger partial charge is 0.287 e. The fourth-order valence-corrected chi connectivity index (χ4v) is 2.81. The van der Waals surface area contributed by atoms with E-state index in [1.165, 1.54) is 0 Å². The van der Waals surface area contributed by atoms with Gasteiger partial charge in [-0.05, 0) is 17.7 Å². The van der Waals surface area contributed by atoms with Gasteiger partial charge in [0.1, 0.15) is 5.69 Å². The molecule has 25 heavy (non-hydrogen) atoms. The molecule has 0 aliphatic rings. The van der Waals surface area contributed by atoms with Crippen LogP contribution in [0, 0.1) is 0 Å². The molecule has 0 atom stereocenters. The molecule has 0 N–H and O–H groups in total. The van der Waals surface area contributed by atoms with E-state index in [-0.39, 0.29) is 5.78 Å². The van der Waals surface area contributed by atoms with E-state index in [0.29, 0.717) is 11.3 Å². The van der Waals surface area contributed by atoms with E-state index in [0.717, 1.165) is 16.8 Å². The van der Waals surface area contributed by atoms with Crippen LogP contribution in [0.15, 0.2) is 97.2 Å². The average molecular weight is 324 g/mol. The number of hydrogen-bond acceptors (Lipinski definition) is 2. The monoisotopic (exact) mass is 324 g/mol. The number of hydrogen-bond donors (Lipinski definition) is 0. The maximum absolute atomic E-state index is 13.0. The lowest BCUT2D eigenvalue weighted by Crippen LogP contribution is -2.05. The maximum atomic E-state index is 13.0. The summed E-state index contributed by atoms with van der Waals surface area (Å²) < 4.78 is 1.76. The molecule has 0 radical (unpaired) electrons. The highest BCUT2D eigenvalue weighted by molar-refractivity contribution is 6.11. The Morgan fingerprint density at radius 3 is 1.92 bits per heavy atom. The Morgan fingerprint density at radius 2 is 1.28 bits per heavy atom. The Labute approximate surface area is 146 Å². The molecule has 0 spiro atoms. The smallest absolute Gasteiger partial charge is 0.213 e. The summed E-state index contributed by atoms with van der Waals surface area (Å²) in [6, 6.07) is 29.0. The van der Waals surface area contributed by atoms with Crippen LogP contribution in [0.25, 0.3) is 16.8 Å². The lowest BCUT2D eigenvalue weighted by atomic mass is 10.0. The molecule has 0 saturated carbocycles. The molecule has 3 heteroatoms. The molecule has 0 unspecified atom stereocenters. The van der Waals surface area contributed by atoms with Gasteiger partial charge in [0.25, 0.3) is 0 Å². The molecule has 3 aromatic carbocycles. The Bertz CT molecular complexity index is 990. The number of benzene rings is 3. The van der Waals surface area contributed by atoms with E-state index in [4.69, 9.17) is 0 Å². The molecule has 3 nitrogen and oxygen atoms in total. The zero-order chi connectivity index (χ0) is 17.1. The molecule has 4 rings (SSSR count). The van der Waals surface area contributed by atoms with Gasteiger partial charge in [0.15, 0.2) is 0 Å². The Balaban J connectivity index is 1.87. The highest BCUT2D eigenvalue weighted by Gasteiger charge is 2.20. The SMILES string of the molecule is O=C(c1ccccc1)c1nn(-c2ccccc2)cc1-c1ccccc1. The van der Waals surface area contributed by atoms with E-state index in [2.05, 4.69) is 5.10 Å². The van der Waals surface area contributed by atoms with Gasteiger partial charge in [-0.2, -0.15) is 5.10 Å². The predicted octanol–water partition coefficient (Wildman–Crippen LogP) is 4.77. The molecule has 1 aromatic heterocycles. The summed E-state index contributed by atoms with van der Waals surface area (Å²) in [6.07, 6.45) is 1.92. The highest BCUT2D eigenvalue weighted by Crippen LogP contribution is 2.26. The third-order valence-electron chi connectivity index (χ3n) is 4.07. The van der Waals surface area contributed by atoms with Gasteiger partial charge in [-0.15, -0.1) is 0 Å². The minimum atomic E-state index is -0.0749. The molecule has 0 amide bonds. The second-order valence-electron chi connectivity index (χ2n) is 5.73. The summed E-state index contributed by atoms with van der Waals surface area (Å²) in [7, 11) is 0. The van der Waals surface area contributed by atoms with Gasteiger partial charge >= 0.3 is 0 Å². The first-order chi connectivity index (χ1) is 12.3. The van der Waals surface area contributed by atoms with Gasteiger partial charge in [0, 0.05) is 17.3 Å². The Kier molecular flexibility index (Phi) is 3.97. The van der Waals surface area contributed by atoms with Crippen LogP contribution in [0.5, 0.6) is 0 Å². The molecule has 0 aliphatic carbocycles. The van der Waals surface area contributed by atoms with E-state index in [1.807, 2.05) is 97.2 Å². The van der Waals surface area contributed by atoms with Crippen molar-refractivity contribution >= 4 is 5.78 Å². The molecular formula is C22H16N2O. The molecule has 1 heterocycles. The fraction of sp³-hybridized carbons (Fsp3) is 0. The van der Waals surface area contributed by atoms with E-state index in [1.54, 1.807) is 4.68 Å². The minimum absolute atomic E-state index is 0.0749.